The number of hydrogen-bond donors (Lipinski definition) is 2. The van der Waals surface area contributed by atoms with Gasteiger partial charge in [-0.1, -0.05) is 12.1 Å². The molecule has 1 atom stereocenters. The minimum Gasteiger partial charge on any atom is -0.466 e. The van der Waals surface area contributed by atoms with E-state index < -0.39 is 0 Å². The van der Waals surface area contributed by atoms with Gasteiger partial charge in [-0.05, 0) is 44.4 Å². The average molecular weight is 426 g/mol. The molecule has 8 nitrogen and oxygen atoms in total. The lowest BCUT2D eigenvalue weighted by Gasteiger charge is -2.32. The lowest BCUT2D eigenvalue weighted by atomic mass is 9.97. The van der Waals surface area contributed by atoms with Gasteiger partial charge in [0.05, 0.1) is 25.2 Å². The Morgan fingerprint density at radius 1 is 1.29 bits per heavy atom. The maximum absolute atomic E-state index is 12.0. The van der Waals surface area contributed by atoms with Gasteiger partial charge in [0.1, 0.15) is 5.82 Å². The number of nitrogens with zero attached hydrogens (tertiary/aromatic N) is 3. The minimum atomic E-state index is -0.0817. The van der Waals surface area contributed by atoms with Crippen LogP contribution in [0.4, 0.5) is 17.5 Å². The fourth-order valence-corrected chi connectivity index (χ4v) is 4.09. The van der Waals surface area contributed by atoms with Crippen LogP contribution < -0.4 is 15.5 Å². The second kappa shape index (κ2) is 10.1. The lowest BCUT2D eigenvalue weighted by Crippen LogP contribution is -2.37. The van der Waals surface area contributed by atoms with Crippen LogP contribution in [0.25, 0.3) is 0 Å². The number of carbonyl (C=O) groups excluding carboxylic acids is 1. The molecule has 1 unspecified atom stereocenters. The summed E-state index contributed by atoms with van der Waals surface area (Å²) in [6, 6.07) is 8.21. The Balaban J connectivity index is 1.39. The summed E-state index contributed by atoms with van der Waals surface area (Å²) in [5, 5.41) is 6.66. The number of anilines is 3. The van der Waals surface area contributed by atoms with Crippen LogP contribution in [0.15, 0.2) is 30.5 Å². The van der Waals surface area contributed by atoms with Crippen LogP contribution in [0.3, 0.4) is 0 Å². The van der Waals surface area contributed by atoms with Gasteiger partial charge >= 0.3 is 5.97 Å². The zero-order chi connectivity index (χ0) is 21.6. The van der Waals surface area contributed by atoms with Crippen LogP contribution in [0.1, 0.15) is 37.0 Å². The molecule has 0 bridgehead atoms. The van der Waals surface area contributed by atoms with E-state index in [2.05, 4.69) is 32.7 Å². The Kier molecular flexibility index (Phi) is 6.99. The largest absolute Gasteiger partial charge is 0.466 e. The monoisotopic (exact) mass is 425 g/mol. The van der Waals surface area contributed by atoms with Gasteiger partial charge in [0, 0.05) is 43.6 Å². The summed E-state index contributed by atoms with van der Waals surface area (Å²) in [7, 11) is 0. The minimum absolute atomic E-state index is 0.0159. The van der Waals surface area contributed by atoms with Gasteiger partial charge in [-0.2, -0.15) is 4.98 Å². The summed E-state index contributed by atoms with van der Waals surface area (Å²) in [5.41, 5.74) is 3.12. The maximum atomic E-state index is 12.0. The average Bonchev–Trinajstić information content (AvgIpc) is 2.82. The quantitative estimate of drug-likeness (QED) is 0.683. The number of carbonyl (C=O) groups is 1. The molecule has 2 aliphatic rings. The van der Waals surface area contributed by atoms with Crippen molar-refractivity contribution in [2.75, 3.05) is 49.6 Å². The topological polar surface area (TPSA) is 88.6 Å². The normalized spacial score (nSPS) is 19.8. The molecule has 166 valence electrons. The molecule has 4 rings (SSSR count). The zero-order valence-corrected chi connectivity index (χ0v) is 18.3. The molecule has 31 heavy (non-hydrogen) atoms. The van der Waals surface area contributed by atoms with Crippen molar-refractivity contribution in [3.05, 3.63) is 41.6 Å². The van der Waals surface area contributed by atoms with Gasteiger partial charge in [-0.15, -0.1) is 0 Å². The van der Waals surface area contributed by atoms with Gasteiger partial charge in [0.25, 0.3) is 0 Å². The summed E-state index contributed by atoms with van der Waals surface area (Å²) >= 11 is 0. The van der Waals surface area contributed by atoms with E-state index in [4.69, 9.17) is 14.5 Å². The van der Waals surface area contributed by atoms with Crippen LogP contribution in [-0.2, 0) is 14.3 Å². The van der Waals surface area contributed by atoms with Gasteiger partial charge in [-0.25, -0.2) is 4.98 Å². The van der Waals surface area contributed by atoms with E-state index in [1.165, 1.54) is 0 Å². The first-order valence-corrected chi connectivity index (χ1v) is 11.1. The zero-order valence-electron chi connectivity index (χ0n) is 18.3. The fraction of sp³-hybridized carbons (Fsp3) is 0.522. The molecule has 0 spiro atoms. The highest BCUT2D eigenvalue weighted by molar-refractivity contribution is 5.73. The number of rotatable bonds is 6. The predicted molar refractivity (Wildman–Crippen MR) is 120 cm³/mol. The van der Waals surface area contributed by atoms with E-state index in [0.717, 1.165) is 68.3 Å². The molecular formula is C23H31N5O3. The molecule has 2 fully saturated rings. The van der Waals surface area contributed by atoms with E-state index in [0.29, 0.717) is 12.6 Å². The van der Waals surface area contributed by atoms with E-state index in [1.807, 2.05) is 32.2 Å². The molecule has 2 aromatic rings. The third kappa shape index (κ3) is 5.32. The van der Waals surface area contributed by atoms with Crippen LogP contribution in [-0.4, -0.2) is 55.3 Å². The van der Waals surface area contributed by atoms with E-state index in [9.17, 15) is 4.79 Å². The molecule has 2 aliphatic heterocycles. The molecule has 1 aromatic carbocycles. The number of hydrogen-bond acceptors (Lipinski definition) is 8. The highest BCUT2D eigenvalue weighted by Gasteiger charge is 2.27. The van der Waals surface area contributed by atoms with Crippen molar-refractivity contribution in [2.24, 2.45) is 5.92 Å². The van der Waals surface area contributed by atoms with Crippen molar-refractivity contribution in [3.63, 3.8) is 0 Å². The summed E-state index contributed by atoms with van der Waals surface area (Å²) < 4.78 is 11.0. The van der Waals surface area contributed by atoms with Crippen LogP contribution in [0, 0.1) is 12.8 Å². The highest BCUT2D eigenvalue weighted by Crippen LogP contribution is 2.27. The molecule has 3 heterocycles. The molecule has 0 saturated carbocycles. The summed E-state index contributed by atoms with van der Waals surface area (Å²) in [6.45, 7) is 8.35. The first-order chi connectivity index (χ1) is 15.1. The Labute approximate surface area is 183 Å². The number of morpholine rings is 1. The molecule has 2 saturated heterocycles. The molecular weight excluding hydrogens is 394 g/mol. The molecule has 8 heteroatoms. The number of benzene rings is 1. The van der Waals surface area contributed by atoms with Gasteiger partial charge in [0.15, 0.2) is 0 Å². The number of piperidine rings is 1. The Hall–Kier alpha value is -2.71. The Morgan fingerprint density at radius 2 is 2.06 bits per heavy atom. The summed E-state index contributed by atoms with van der Waals surface area (Å²) in [6.07, 6.45) is 3.51. The van der Waals surface area contributed by atoms with Crippen molar-refractivity contribution < 1.29 is 14.3 Å². The van der Waals surface area contributed by atoms with Crippen LogP contribution in [0.2, 0.25) is 0 Å². The standard InChI is InChI=1S/C23H31N5O3/c1-3-30-22(29)18-8-11-28(12-9-18)21-16(2)14-25-23(27-21)26-19-6-4-17(5-7-19)20-15-24-10-13-31-20/h4-7,14,18,20,24H,3,8-13,15H2,1-2H3,(H,25,26,27). The number of aryl methyl sites for hydroxylation is 1. The second-order valence-corrected chi connectivity index (χ2v) is 8.02. The smallest absolute Gasteiger partial charge is 0.309 e. The molecule has 0 aliphatic carbocycles. The maximum Gasteiger partial charge on any atom is 0.309 e. The van der Waals surface area contributed by atoms with Crippen molar-refractivity contribution >= 4 is 23.4 Å². The number of esters is 1. The van der Waals surface area contributed by atoms with Crippen LogP contribution in [0.5, 0.6) is 0 Å². The van der Waals surface area contributed by atoms with E-state index in [1.54, 1.807) is 0 Å². The second-order valence-electron chi connectivity index (χ2n) is 8.02. The van der Waals surface area contributed by atoms with Gasteiger partial charge in [-0.3, -0.25) is 4.79 Å². The van der Waals surface area contributed by atoms with Crippen molar-refractivity contribution in [2.45, 2.75) is 32.8 Å². The van der Waals surface area contributed by atoms with Gasteiger partial charge < -0.3 is 25.0 Å². The van der Waals surface area contributed by atoms with Crippen LogP contribution >= 0.6 is 0 Å². The number of ether oxygens (including phenoxy) is 2. The molecule has 0 radical (unpaired) electrons. The fourth-order valence-electron chi connectivity index (χ4n) is 4.09. The molecule has 0 amide bonds. The Morgan fingerprint density at radius 3 is 2.74 bits per heavy atom. The van der Waals surface area contributed by atoms with Crippen molar-refractivity contribution in [1.82, 2.24) is 15.3 Å². The van der Waals surface area contributed by atoms with Gasteiger partial charge in [0.2, 0.25) is 5.95 Å². The third-order valence-electron chi connectivity index (χ3n) is 5.83. The van der Waals surface area contributed by atoms with E-state index in [-0.39, 0.29) is 18.0 Å². The molecule has 1 aromatic heterocycles. The number of aromatic nitrogens is 2. The summed E-state index contributed by atoms with van der Waals surface area (Å²) in [4.78, 5) is 23.4. The first kappa shape index (κ1) is 21.5. The van der Waals surface area contributed by atoms with E-state index >= 15 is 0 Å². The SMILES string of the molecule is CCOC(=O)C1CCN(c2nc(Nc3ccc(C4CNCCO4)cc3)ncc2C)CC1. The highest BCUT2D eigenvalue weighted by atomic mass is 16.5. The summed E-state index contributed by atoms with van der Waals surface area (Å²) in [5.74, 6) is 1.38. The van der Waals surface area contributed by atoms with Crippen molar-refractivity contribution in [1.29, 1.82) is 0 Å². The third-order valence-corrected chi connectivity index (χ3v) is 5.83. The number of nitrogens with one attached hydrogen (secondary N) is 2. The Bertz CT molecular complexity index is 875. The lowest BCUT2D eigenvalue weighted by molar-refractivity contribution is -0.148. The van der Waals surface area contributed by atoms with Crippen molar-refractivity contribution in [3.8, 4) is 0 Å². The molecule has 2 N–H and O–H groups in total. The predicted octanol–water partition coefficient (Wildman–Crippen LogP) is 2.97. The first-order valence-electron chi connectivity index (χ1n) is 11.1.